The predicted molar refractivity (Wildman–Crippen MR) is 55.7 cm³/mol. The Morgan fingerprint density at radius 2 is 2.15 bits per heavy atom. The van der Waals surface area contributed by atoms with Gasteiger partial charge in [0.15, 0.2) is 0 Å². The molecule has 1 rings (SSSR count). The summed E-state index contributed by atoms with van der Waals surface area (Å²) in [5, 5.41) is 3.25. The Morgan fingerprint density at radius 3 is 2.54 bits per heavy atom. The fourth-order valence-corrected chi connectivity index (χ4v) is 1.81. The first-order chi connectivity index (χ1) is 5.50. The van der Waals surface area contributed by atoms with E-state index in [9.17, 15) is 8.42 Å². The molecule has 1 atom stereocenters. The van der Waals surface area contributed by atoms with Crippen LogP contribution in [-0.4, -0.2) is 45.2 Å². The first-order valence-electron chi connectivity index (χ1n) is 4.15. The number of hydrogen-bond acceptors (Lipinski definition) is 3. The number of nitrogens with zero attached hydrogens (tertiary/aromatic N) is 1. The lowest BCUT2D eigenvalue weighted by Crippen LogP contribution is -2.38. The maximum absolute atomic E-state index is 11.0. The van der Waals surface area contributed by atoms with E-state index in [4.69, 9.17) is 0 Å². The Morgan fingerprint density at radius 1 is 1.54 bits per heavy atom. The van der Waals surface area contributed by atoms with Gasteiger partial charge >= 0.3 is 0 Å². The third-order valence-electron chi connectivity index (χ3n) is 2.21. The molecule has 0 bridgehead atoms. The van der Waals surface area contributed by atoms with Gasteiger partial charge < -0.3 is 5.32 Å². The second-order valence-electron chi connectivity index (χ2n) is 3.34. The second kappa shape index (κ2) is 5.14. The molecule has 1 N–H and O–H groups in total. The van der Waals surface area contributed by atoms with E-state index in [1.54, 1.807) is 7.05 Å². The van der Waals surface area contributed by atoms with Gasteiger partial charge in [0.25, 0.3) is 0 Å². The van der Waals surface area contributed by atoms with Crippen LogP contribution < -0.4 is 5.32 Å². The van der Waals surface area contributed by atoms with Crippen LogP contribution in [0.1, 0.15) is 12.8 Å². The van der Waals surface area contributed by atoms with E-state index in [2.05, 4.69) is 5.32 Å². The molecule has 0 amide bonds. The van der Waals surface area contributed by atoms with Gasteiger partial charge in [-0.3, -0.25) is 0 Å². The number of hydrogen-bond donors (Lipinski definition) is 1. The van der Waals surface area contributed by atoms with E-state index in [1.165, 1.54) is 10.6 Å². The van der Waals surface area contributed by atoms with Crippen LogP contribution in [0.4, 0.5) is 0 Å². The molecule has 0 aliphatic carbocycles. The molecule has 0 radical (unpaired) electrons. The smallest absolute Gasteiger partial charge is 0.211 e. The fraction of sp³-hybridized carbons (Fsp3) is 1.00. The van der Waals surface area contributed by atoms with E-state index in [0.717, 1.165) is 19.4 Å². The van der Waals surface area contributed by atoms with Crippen LogP contribution in [0, 0.1) is 0 Å². The number of sulfonamides is 1. The molecule has 1 fully saturated rings. The molecule has 0 aromatic carbocycles. The lowest BCUT2D eigenvalue weighted by molar-refractivity contribution is 0.420. The van der Waals surface area contributed by atoms with Gasteiger partial charge in [-0.2, -0.15) is 0 Å². The molecule has 6 heteroatoms. The molecule has 13 heavy (non-hydrogen) atoms. The largest absolute Gasteiger partial charge is 0.313 e. The fourth-order valence-electron chi connectivity index (χ4n) is 1.36. The summed E-state index contributed by atoms with van der Waals surface area (Å²) in [6.07, 6.45) is 3.48. The SMILES string of the molecule is CN(CC1CCCN1)S(C)(=O)=O.Cl. The molecule has 1 saturated heterocycles. The molecule has 0 aromatic heterocycles. The van der Waals surface area contributed by atoms with E-state index < -0.39 is 10.0 Å². The number of rotatable bonds is 3. The third kappa shape index (κ3) is 4.26. The highest BCUT2D eigenvalue weighted by Gasteiger charge is 2.19. The predicted octanol–water partition coefficient (Wildman–Crippen LogP) is 0.0516. The summed E-state index contributed by atoms with van der Waals surface area (Å²) in [5.74, 6) is 0. The monoisotopic (exact) mass is 228 g/mol. The Bertz CT molecular complexity index is 237. The van der Waals surface area contributed by atoms with Gasteiger partial charge in [-0.1, -0.05) is 0 Å². The topological polar surface area (TPSA) is 49.4 Å². The molecule has 1 aliphatic heterocycles. The van der Waals surface area contributed by atoms with Crippen molar-refractivity contribution >= 4 is 22.4 Å². The maximum Gasteiger partial charge on any atom is 0.211 e. The van der Waals surface area contributed by atoms with Crippen molar-refractivity contribution in [2.75, 3.05) is 26.4 Å². The molecule has 1 unspecified atom stereocenters. The Labute approximate surface area is 86.1 Å². The lowest BCUT2D eigenvalue weighted by Gasteiger charge is -2.18. The number of halogens is 1. The zero-order chi connectivity index (χ0) is 9.19. The summed E-state index contributed by atoms with van der Waals surface area (Å²) in [4.78, 5) is 0. The molecule has 4 nitrogen and oxygen atoms in total. The van der Waals surface area contributed by atoms with Gasteiger partial charge in [0.2, 0.25) is 10.0 Å². The Kier molecular flexibility index (Phi) is 5.21. The summed E-state index contributed by atoms with van der Waals surface area (Å²) >= 11 is 0. The first kappa shape index (κ1) is 13.2. The molecule has 80 valence electrons. The normalized spacial score (nSPS) is 23.2. The summed E-state index contributed by atoms with van der Waals surface area (Å²) in [7, 11) is -1.38. The highest BCUT2D eigenvalue weighted by atomic mass is 35.5. The third-order valence-corrected chi connectivity index (χ3v) is 3.49. The number of nitrogens with one attached hydrogen (secondary N) is 1. The zero-order valence-electron chi connectivity index (χ0n) is 7.99. The molecular formula is C7H17ClN2O2S. The van der Waals surface area contributed by atoms with Crippen LogP contribution >= 0.6 is 12.4 Å². The summed E-state index contributed by atoms with van der Waals surface area (Å²) in [6.45, 7) is 1.61. The average molecular weight is 229 g/mol. The lowest BCUT2D eigenvalue weighted by atomic mass is 10.2. The van der Waals surface area contributed by atoms with E-state index in [1.807, 2.05) is 0 Å². The summed E-state index contributed by atoms with van der Waals surface area (Å²) in [5.41, 5.74) is 0. The van der Waals surface area contributed by atoms with Gasteiger partial charge in [-0.05, 0) is 19.4 Å². The van der Waals surface area contributed by atoms with Gasteiger partial charge in [0, 0.05) is 19.6 Å². The van der Waals surface area contributed by atoms with Crippen LogP contribution in [0.15, 0.2) is 0 Å². The van der Waals surface area contributed by atoms with Gasteiger partial charge in [-0.25, -0.2) is 12.7 Å². The van der Waals surface area contributed by atoms with E-state index in [-0.39, 0.29) is 12.4 Å². The first-order valence-corrected chi connectivity index (χ1v) is 5.99. The van der Waals surface area contributed by atoms with Crippen molar-refractivity contribution in [3.63, 3.8) is 0 Å². The van der Waals surface area contributed by atoms with Crippen LogP contribution in [0.25, 0.3) is 0 Å². The molecular weight excluding hydrogens is 212 g/mol. The zero-order valence-corrected chi connectivity index (χ0v) is 9.62. The van der Waals surface area contributed by atoms with Crippen LogP contribution in [0.3, 0.4) is 0 Å². The highest BCUT2D eigenvalue weighted by Crippen LogP contribution is 2.07. The molecule has 1 aliphatic rings. The van der Waals surface area contributed by atoms with E-state index in [0.29, 0.717) is 12.6 Å². The minimum Gasteiger partial charge on any atom is -0.313 e. The van der Waals surface area contributed by atoms with Crippen molar-refractivity contribution < 1.29 is 8.42 Å². The van der Waals surface area contributed by atoms with Gasteiger partial charge in [0.1, 0.15) is 0 Å². The minimum atomic E-state index is -3.00. The van der Waals surface area contributed by atoms with Gasteiger partial charge in [-0.15, -0.1) is 12.4 Å². The Hall–Kier alpha value is 0.160. The van der Waals surface area contributed by atoms with Crippen molar-refractivity contribution in [2.24, 2.45) is 0 Å². The van der Waals surface area contributed by atoms with Crippen molar-refractivity contribution in [3.05, 3.63) is 0 Å². The van der Waals surface area contributed by atoms with E-state index >= 15 is 0 Å². The molecule has 0 spiro atoms. The standard InChI is InChI=1S/C7H16N2O2S.ClH/c1-9(12(2,10)11)6-7-4-3-5-8-7;/h7-8H,3-6H2,1-2H3;1H. The summed E-state index contributed by atoms with van der Waals surface area (Å²) < 4.78 is 23.4. The quantitative estimate of drug-likeness (QED) is 0.743. The van der Waals surface area contributed by atoms with Crippen molar-refractivity contribution in [1.82, 2.24) is 9.62 Å². The highest BCUT2D eigenvalue weighted by molar-refractivity contribution is 7.88. The van der Waals surface area contributed by atoms with Crippen molar-refractivity contribution in [1.29, 1.82) is 0 Å². The molecule has 1 heterocycles. The van der Waals surface area contributed by atoms with Crippen molar-refractivity contribution in [3.8, 4) is 0 Å². The van der Waals surface area contributed by atoms with Gasteiger partial charge in [0.05, 0.1) is 6.26 Å². The van der Waals surface area contributed by atoms with Crippen LogP contribution in [-0.2, 0) is 10.0 Å². The van der Waals surface area contributed by atoms with Crippen molar-refractivity contribution in [2.45, 2.75) is 18.9 Å². The maximum atomic E-state index is 11.0. The average Bonchev–Trinajstić information content (AvgIpc) is 2.37. The van der Waals surface area contributed by atoms with Crippen LogP contribution in [0.5, 0.6) is 0 Å². The molecule has 0 saturated carbocycles. The number of likely N-dealkylation sites (N-methyl/N-ethyl adjacent to an activating group) is 1. The minimum absolute atomic E-state index is 0. The molecule has 0 aromatic rings. The second-order valence-corrected chi connectivity index (χ2v) is 5.43. The van der Waals surface area contributed by atoms with Crippen LogP contribution in [0.2, 0.25) is 0 Å². The Balaban J connectivity index is 0.00000144. The summed E-state index contributed by atoms with van der Waals surface area (Å²) in [6, 6.07) is 0.352.